The maximum atomic E-state index is 10.5. The second-order valence-corrected chi connectivity index (χ2v) is 2.98. The van der Waals surface area contributed by atoms with E-state index in [1.54, 1.807) is 18.5 Å². The van der Waals surface area contributed by atoms with Gasteiger partial charge in [-0.25, -0.2) is 9.97 Å². The molecule has 0 aliphatic heterocycles. The summed E-state index contributed by atoms with van der Waals surface area (Å²) in [6.07, 6.45) is 3.17. The smallest absolute Gasteiger partial charge is 0.254 e. The van der Waals surface area contributed by atoms with Crippen LogP contribution < -0.4 is 5.73 Å². The number of carbonyl (C=O) groups excluding carboxylic acids is 1. The Morgan fingerprint density at radius 1 is 1.50 bits per heavy atom. The van der Waals surface area contributed by atoms with Crippen LogP contribution in [0.25, 0.3) is 0 Å². The first-order valence-corrected chi connectivity index (χ1v) is 3.95. The number of nitrogens with zero attached hydrogens (tertiary/aromatic N) is 2. The van der Waals surface area contributed by atoms with Crippen molar-refractivity contribution in [3.8, 4) is 0 Å². The number of hydrogen-bond acceptors (Lipinski definition) is 4. The number of primary amides is 1. The average Bonchev–Trinajstić information content (AvgIpc) is 2.06. The minimum Gasteiger partial charge on any atom is -0.365 e. The van der Waals surface area contributed by atoms with Gasteiger partial charge >= 0.3 is 0 Å². The van der Waals surface area contributed by atoms with E-state index in [9.17, 15) is 4.79 Å². The van der Waals surface area contributed by atoms with Crippen molar-refractivity contribution in [2.45, 2.75) is 5.16 Å². The van der Waals surface area contributed by atoms with E-state index >= 15 is 0 Å². The molecular weight excluding hydrogens is 174 g/mol. The Balaban J connectivity index is 2.65. The van der Waals surface area contributed by atoms with Crippen molar-refractivity contribution < 1.29 is 4.79 Å². The first kappa shape index (κ1) is 8.73. The molecule has 0 fully saturated rings. The number of nitrogens with two attached hydrogens (primary N) is 1. The van der Waals surface area contributed by atoms with Gasteiger partial charge in [-0.1, -0.05) is 6.58 Å². The van der Waals surface area contributed by atoms with Crippen molar-refractivity contribution in [2.75, 3.05) is 0 Å². The Morgan fingerprint density at radius 3 is 2.58 bits per heavy atom. The number of carbonyl (C=O) groups is 1. The molecule has 62 valence electrons. The van der Waals surface area contributed by atoms with Crippen LogP contribution in [0.1, 0.15) is 0 Å². The molecule has 0 saturated carbocycles. The van der Waals surface area contributed by atoms with E-state index in [4.69, 9.17) is 5.73 Å². The highest BCUT2D eigenvalue weighted by Gasteiger charge is 2.04. The predicted octanol–water partition coefficient (Wildman–Crippen LogP) is 0.568. The van der Waals surface area contributed by atoms with Gasteiger partial charge in [-0.15, -0.1) is 0 Å². The minimum absolute atomic E-state index is 0.237. The molecule has 1 heterocycles. The van der Waals surface area contributed by atoms with Crippen molar-refractivity contribution in [3.63, 3.8) is 0 Å². The third kappa shape index (κ3) is 2.35. The second-order valence-electron chi connectivity index (χ2n) is 1.92. The van der Waals surface area contributed by atoms with Gasteiger partial charge < -0.3 is 5.73 Å². The lowest BCUT2D eigenvalue weighted by Gasteiger charge is -1.97. The van der Waals surface area contributed by atoms with E-state index in [0.717, 1.165) is 11.8 Å². The molecular formula is C7H7N3OS. The molecule has 1 amide bonds. The number of aromatic nitrogens is 2. The summed E-state index contributed by atoms with van der Waals surface area (Å²) in [5, 5.41) is 0.473. The maximum Gasteiger partial charge on any atom is 0.254 e. The molecule has 0 aliphatic carbocycles. The van der Waals surface area contributed by atoms with Gasteiger partial charge in [0.25, 0.3) is 5.91 Å². The fraction of sp³-hybridized carbons (Fsp3) is 0. The maximum absolute atomic E-state index is 10.5. The van der Waals surface area contributed by atoms with Gasteiger partial charge in [-0.05, 0) is 17.8 Å². The Kier molecular flexibility index (Phi) is 2.82. The van der Waals surface area contributed by atoms with Crippen LogP contribution in [-0.4, -0.2) is 15.9 Å². The zero-order chi connectivity index (χ0) is 8.97. The van der Waals surface area contributed by atoms with Crippen molar-refractivity contribution in [1.82, 2.24) is 9.97 Å². The monoisotopic (exact) mass is 181 g/mol. The van der Waals surface area contributed by atoms with Crippen LogP contribution in [0.5, 0.6) is 0 Å². The molecule has 4 nitrogen and oxygen atoms in total. The summed E-state index contributed by atoms with van der Waals surface area (Å²) in [7, 11) is 0. The van der Waals surface area contributed by atoms with Crippen molar-refractivity contribution in [2.24, 2.45) is 5.73 Å². The highest BCUT2D eigenvalue weighted by molar-refractivity contribution is 8.03. The molecule has 0 atom stereocenters. The normalized spacial score (nSPS) is 9.33. The molecule has 0 bridgehead atoms. The average molecular weight is 181 g/mol. The third-order valence-corrected chi connectivity index (χ3v) is 1.87. The van der Waals surface area contributed by atoms with E-state index in [0.29, 0.717) is 5.16 Å². The first-order chi connectivity index (χ1) is 5.70. The van der Waals surface area contributed by atoms with Crippen LogP contribution in [0, 0.1) is 0 Å². The zero-order valence-electron chi connectivity index (χ0n) is 6.23. The first-order valence-electron chi connectivity index (χ1n) is 3.13. The van der Waals surface area contributed by atoms with Gasteiger partial charge in [0, 0.05) is 12.4 Å². The van der Waals surface area contributed by atoms with Gasteiger partial charge in [0.15, 0.2) is 5.16 Å². The molecule has 0 aliphatic rings. The van der Waals surface area contributed by atoms with Crippen molar-refractivity contribution in [1.29, 1.82) is 0 Å². The topological polar surface area (TPSA) is 68.9 Å². The van der Waals surface area contributed by atoms with Gasteiger partial charge in [-0.3, -0.25) is 4.79 Å². The number of thioether (sulfide) groups is 1. The summed E-state index contributed by atoms with van der Waals surface area (Å²) in [6.45, 7) is 3.46. The van der Waals surface area contributed by atoms with Crippen LogP contribution in [0.15, 0.2) is 35.1 Å². The highest BCUT2D eigenvalue weighted by Crippen LogP contribution is 2.19. The second kappa shape index (κ2) is 3.87. The molecule has 12 heavy (non-hydrogen) atoms. The van der Waals surface area contributed by atoms with Gasteiger partial charge in [-0.2, -0.15) is 0 Å². The van der Waals surface area contributed by atoms with Crippen LogP contribution in [0.3, 0.4) is 0 Å². The minimum atomic E-state index is -0.549. The Labute approximate surface area is 73.9 Å². The summed E-state index contributed by atoms with van der Waals surface area (Å²) >= 11 is 1.06. The Bertz CT molecular complexity index is 299. The fourth-order valence-corrected chi connectivity index (χ4v) is 1.05. The van der Waals surface area contributed by atoms with Crippen LogP contribution in [0.4, 0.5) is 0 Å². The van der Waals surface area contributed by atoms with Crippen molar-refractivity contribution >= 4 is 17.7 Å². The Morgan fingerprint density at radius 2 is 2.08 bits per heavy atom. The van der Waals surface area contributed by atoms with Gasteiger partial charge in [0.2, 0.25) is 0 Å². The van der Waals surface area contributed by atoms with Crippen LogP contribution in [-0.2, 0) is 4.79 Å². The van der Waals surface area contributed by atoms with E-state index in [-0.39, 0.29) is 4.91 Å². The standard InChI is InChI=1S/C7H7N3OS/c1-5(6(8)11)12-7-9-3-2-4-10-7/h2-4H,1H2,(H2,8,11). The van der Waals surface area contributed by atoms with Gasteiger partial charge in [0.1, 0.15) is 0 Å². The quantitative estimate of drug-likeness (QED) is 0.420. The number of amides is 1. The van der Waals surface area contributed by atoms with Crippen LogP contribution in [0.2, 0.25) is 0 Å². The fourth-order valence-electron chi connectivity index (χ4n) is 0.499. The molecule has 0 unspecified atom stereocenters. The van der Waals surface area contributed by atoms with Crippen molar-refractivity contribution in [3.05, 3.63) is 29.9 Å². The molecule has 2 N–H and O–H groups in total. The molecule has 0 radical (unpaired) electrons. The summed E-state index contributed by atoms with van der Waals surface area (Å²) in [5.74, 6) is -0.549. The summed E-state index contributed by atoms with van der Waals surface area (Å²) in [5.41, 5.74) is 4.97. The van der Waals surface area contributed by atoms with E-state index in [1.807, 2.05) is 0 Å². The lowest BCUT2D eigenvalue weighted by Crippen LogP contribution is -2.10. The lowest BCUT2D eigenvalue weighted by molar-refractivity contribution is -0.113. The molecule has 0 aromatic carbocycles. The molecule has 1 aromatic rings. The number of rotatable bonds is 3. The molecule has 0 spiro atoms. The van der Waals surface area contributed by atoms with Gasteiger partial charge in [0.05, 0.1) is 4.91 Å². The highest BCUT2D eigenvalue weighted by atomic mass is 32.2. The van der Waals surface area contributed by atoms with E-state index in [1.165, 1.54) is 0 Å². The predicted molar refractivity (Wildman–Crippen MR) is 46.2 cm³/mol. The molecule has 5 heteroatoms. The van der Waals surface area contributed by atoms with E-state index < -0.39 is 5.91 Å². The third-order valence-electron chi connectivity index (χ3n) is 1.03. The summed E-state index contributed by atoms with van der Waals surface area (Å²) in [6, 6.07) is 1.69. The molecule has 0 saturated heterocycles. The molecule has 1 rings (SSSR count). The van der Waals surface area contributed by atoms with Crippen LogP contribution >= 0.6 is 11.8 Å². The SMILES string of the molecule is C=C(Sc1ncccn1)C(N)=O. The number of hydrogen-bond donors (Lipinski definition) is 1. The van der Waals surface area contributed by atoms with E-state index in [2.05, 4.69) is 16.5 Å². The zero-order valence-corrected chi connectivity index (χ0v) is 7.04. The Hall–Kier alpha value is -1.36. The molecule has 1 aromatic heterocycles. The summed E-state index contributed by atoms with van der Waals surface area (Å²) < 4.78 is 0. The largest absolute Gasteiger partial charge is 0.365 e. The lowest BCUT2D eigenvalue weighted by atomic mass is 10.6. The summed E-state index contributed by atoms with van der Waals surface area (Å²) in [4.78, 5) is 18.6.